The van der Waals surface area contributed by atoms with E-state index in [1.807, 2.05) is 44.3 Å². The van der Waals surface area contributed by atoms with Gasteiger partial charge in [-0.15, -0.1) is 0 Å². The summed E-state index contributed by atoms with van der Waals surface area (Å²) < 4.78 is 6.33. The van der Waals surface area contributed by atoms with Crippen LogP contribution in [-0.2, 0) is 0 Å². The predicted octanol–water partition coefficient (Wildman–Crippen LogP) is 4.39. The summed E-state index contributed by atoms with van der Waals surface area (Å²) in [6.07, 6.45) is 0.925. The molecule has 0 radical (unpaired) electrons. The van der Waals surface area contributed by atoms with E-state index in [2.05, 4.69) is 21.2 Å². The molecule has 6 heteroatoms. The van der Waals surface area contributed by atoms with Gasteiger partial charge in [-0.05, 0) is 64.9 Å². The largest absolute Gasteiger partial charge is 0.492 e. The summed E-state index contributed by atoms with van der Waals surface area (Å²) >= 11 is 8.74. The van der Waals surface area contributed by atoms with Crippen molar-refractivity contribution in [2.75, 3.05) is 18.6 Å². The average Bonchev–Trinajstić information content (AvgIpc) is 2.60. The minimum Gasteiger partial charge on any atom is -0.492 e. The molecule has 0 bridgehead atoms. The van der Waals surface area contributed by atoms with Crippen LogP contribution in [0, 0.1) is 0 Å². The van der Waals surface area contributed by atoms with Crippen molar-refractivity contribution >= 4 is 44.9 Å². The Kier molecular flexibility index (Phi) is 6.75. The first-order chi connectivity index (χ1) is 11.5. The van der Waals surface area contributed by atoms with Gasteiger partial charge in [-0.2, -0.15) is 0 Å². The molecule has 0 spiro atoms. The highest BCUT2D eigenvalue weighted by Crippen LogP contribution is 2.26. The molecule has 126 valence electrons. The second-order valence-corrected chi connectivity index (χ2v) is 6.39. The average molecular weight is 407 g/mol. The normalized spacial score (nSPS) is 10.1. The molecule has 0 unspecified atom stereocenters. The Hall–Kier alpha value is -1.92. The fourth-order valence-electron chi connectivity index (χ4n) is 1.99. The lowest BCUT2D eigenvalue weighted by atomic mass is 10.2. The monoisotopic (exact) mass is 406 g/mol. The number of benzene rings is 2. The lowest BCUT2D eigenvalue weighted by Crippen LogP contribution is -2.40. The maximum absolute atomic E-state index is 12.4. The molecule has 2 rings (SSSR count). The van der Waals surface area contributed by atoms with Gasteiger partial charge in [0.15, 0.2) is 5.11 Å². The first kappa shape index (κ1) is 18.4. The minimum atomic E-state index is -0.259. The third-order valence-corrected chi connectivity index (χ3v) is 4.32. The van der Waals surface area contributed by atoms with Gasteiger partial charge >= 0.3 is 0 Å². The van der Waals surface area contributed by atoms with Crippen LogP contribution in [0.4, 0.5) is 5.69 Å². The molecule has 0 heterocycles. The lowest BCUT2D eigenvalue weighted by Gasteiger charge is -2.20. The van der Waals surface area contributed by atoms with Crippen molar-refractivity contribution in [2.24, 2.45) is 0 Å². The smallest absolute Gasteiger partial charge is 0.257 e. The van der Waals surface area contributed by atoms with Crippen LogP contribution in [0.5, 0.6) is 5.75 Å². The van der Waals surface area contributed by atoms with E-state index < -0.39 is 0 Å². The van der Waals surface area contributed by atoms with Gasteiger partial charge in [0.1, 0.15) is 5.75 Å². The number of hydrogen-bond acceptors (Lipinski definition) is 3. The van der Waals surface area contributed by atoms with Crippen LogP contribution in [0.1, 0.15) is 23.7 Å². The van der Waals surface area contributed by atoms with Crippen LogP contribution >= 0.6 is 28.1 Å². The van der Waals surface area contributed by atoms with E-state index in [0.717, 1.165) is 22.3 Å². The molecule has 0 saturated heterocycles. The number of carbonyl (C=O) groups is 1. The molecule has 0 aromatic heterocycles. The number of halogens is 1. The standard InChI is InChI=1S/C18H19BrN2O2S/c1-3-11-23-16-10-9-13(12-15(16)19)17(22)20-18(24)21(2)14-7-5-4-6-8-14/h4-10,12H,3,11H2,1-2H3,(H,20,22,24). The number of nitrogens with one attached hydrogen (secondary N) is 1. The van der Waals surface area contributed by atoms with Crippen molar-refractivity contribution in [3.05, 3.63) is 58.6 Å². The zero-order valence-electron chi connectivity index (χ0n) is 13.6. The molecule has 0 saturated carbocycles. The maximum Gasteiger partial charge on any atom is 0.257 e. The van der Waals surface area contributed by atoms with Crippen molar-refractivity contribution < 1.29 is 9.53 Å². The molecule has 0 aliphatic rings. The molecule has 0 aliphatic carbocycles. The quantitative estimate of drug-likeness (QED) is 0.747. The number of anilines is 1. The van der Waals surface area contributed by atoms with Gasteiger partial charge in [0.2, 0.25) is 0 Å². The third-order valence-electron chi connectivity index (χ3n) is 3.32. The van der Waals surface area contributed by atoms with E-state index in [1.54, 1.807) is 23.1 Å². The summed E-state index contributed by atoms with van der Waals surface area (Å²) in [6.45, 7) is 2.68. The Morgan fingerprint density at radius 2 is 1.96 bits per heavy atom. The van der Waals surface area contributed by atoms with Gasteiger partial charge in [-0.1, -0.05) is 25.1 Å². The van der Waals surface area contributed by atoms with Crippen molar-refractivity contribution in [3.8, 4) is 5.75 Å². The summed E-state index contributed by atoms with van der Waals surface area (Å²) in [6, 6.07) is 14.8. The number of nitrogens with zero attached hydrogens (tertiary/aromatic N) is 1. The molecule has 2 aromatic rings. The van der Waals surface area contributed by atoms with Gasteiger partial charge in [-0.25, -0.2) is 0 Å². The molecule has 1 N–H and O–H groups in total. The highest BCUT2D eigenvalue weighted by atomic mass is 79.9. The summed E-state index contributed by atoms with van der Waals surface area (Å²) in [4.78, 5) is 14.1. The van der Waals surface area contributed by atoms with Crippen LogP contribution in [-0.4, -0.2) is 24.7 Å². The number of thiocarbonyl (C=S) groups is 1. The zero-order valence-corrected chi connectivity index (χ0v) is 16.0. The van der Waals surface area contributed by atoms with Gasteiger partial charge in [0, 0.05) is 18.3 Å². The second kappa shape index (κ2) is 8.80. The molecule has 0 fully saturated rings. The minimum absolute atomic E-state index is 0.259. The van der Waals surface area contributed by atoms with Crippen molar-refractivity contribution in [3.63, 3.8) is 0 Å². The molecule has 1 amide bonds. The van der Waals surface area contributed by atoms with Gasteiger partial charge < -0.3 is 9.64 Å². The first-order valence-corrected chi connectivity index (χ1v) is 8.79. The Morgan fingerprint density at radius 3 is 2.58 bits per heavy atom. The fraction of sp³-hybridized carbons (Fsp3) is 0.222. The van der Waals surface area contributed by atoms with Gasteiger partial charge in [0.25, 0.3) is 5.91 Å². The van der Waals surface area contributed by atoms with Crippen LogP contribution in [0.3, 0.4) is 0 Å². The third kappa shape index (κ3) is 4.79. The predicted molar refractivity (Wildman–Crippen MR) is 105 cm³/mol. The van der Waals surface area contributed by atoms with E-state index >= 15 is 0 Å². The maximum atomic E-state index is 12.4. The van der Waals surface area contributed by atoms with Crippen molar-refractivity contribution in [1.29, 1.82) is 0 Å². The summed E-state index contributed by atoms with van der Waals surface area (Å²) in [5, 5.41) is 3.08. The van der Waals surface area contributed by atoms with Crippen molar-refractivity contribution in [1.82, 2.24) is 5.32 Å². The summed E-state index contributed by atoms with van der Waals surface area (Å²) in [5.41, 5.74) is 1.42. The Labute approximate surface area is 155 Å². The Balaban J connectivity index is 2.04. The van der Waals surface area contributed by atoms with Gasteiger partial charge in [-0.3, -0.25) is 10.1 Å². The van der Waals surface area contributed by atoms with Crippen LogP contribution in [0.15, 0.2) is 53.0 Å². The number of rotatable bonds is 5. The van der Waals surface area contributed by atoms with Crippen LogP contribution < -0.4 is 15.0 Å². The molecule has 24 heavy (non-hydrogen) atoms. The van der Waals surface area contributed by atoms with E-state index in [0.29, 0.717) is 17.3 Å². The topological polar surface area (TPSA) is 41.6 Å². The van der Waals surface area contributed by atoms with Gasteiger partial charge in [0.05, 0.1) is 11.1 Å². The van der Waals surface area contributed by atoms with E-state index in [9.17, 15) is 4.79 Å². The van der Waals surface area contributed by atoms with E-state index in [4.69, 9.17) is 17.0 Å². The number of carbonyl (C=O) groups excluding carboxylic acids is 1. The van der Waals surface area contributed by atoms with Crippen molar-refractivity contribution in [2.45, 2.75) is 13.3 Å². The van der Waals surface area contributed by atoms with E-state index in [1.165, 1.54) is 0 Å². The molecule has 2 aromatic carbocycles. The summed E-state index contributed by atoms with van der Waals surface area (Å²) in [7, 11) is 1.82. The molecule has 4 nitrogen and oxygen atoms in total. The highest BCUT2D eigenvalue weighted by Gasteiger charge is 2.13. The number of ether oxygens (including phenoxy) is 1. The molecule has 0 atom stereocenters. The number of amides is 1. The highest BCUT2D eigenvalue weighted by molar-refractivity contribution is 9.10. The fourth-order valence-corrected chi connectivity index (χ4v) is 2.68. The van der Waals surface area contributed by atoms with Crippen LogP contribution in [0.2, 0.25) is 0 Å². The Bertz CT molecular complexity index is 722. The second-order valence-electron chi connectivity index (χ2n) is 5.15. The number of para-hydroxylation sites is 1. The first-order valence-electron chi connectivity index (χ1n) is 7.59. The Morgan fingerprint density at radius 1 is 1.25 bits per heavy atom. The molecular weight excluding hydrogens is 388 g/mol. The number of hydrogen-bond donors (Lipinski definition) is 1. The molecular formula is C18H19BrN2O2S. The SMILES string of the molecule is CCCOc1ccc(C(=O)NC(=S)N(C)c2ccccc2)cc1Br. The molecule has 0 aliphatic heterocycles. The zero-order chi connectivity index (χ0) is 17.5. The summed E-state index contributed by atoms with van der Waals surface area (Å²) in [5.74, 6) is 0.461. The van der Waals surface area contributed by atoms with Crippen LogP contribution in [0.25, 0.3) is 0 Å². The lowest BCUT2D eigenvalue weighted by molar-refractivity contribution is 0.0977. The van der Waals surface area contributed by atoms with E-state index in [-0.39, 0.29) is 5.91 Å².